The summed E-state index contributed by atoms with van der Waals surface area (Å²) in [5.41, 5.74) is 7.51. The molecule has 32 heavy (non-hydrogen) atoms. The number of primary amides is 1. The Morgan fingerprint density at radius 1 is 1.00 bits per heavy atom. The second-order valence-electron chi connectivity index (χ2n) is 8.85. The highest BCUT2D eigenvalue weighted by atomic mass is 32.2. The first-order valence-electron chi connectivity index (χ1n) is 11.0. The van der Waals surface area contributed by atoms with Crippen LogP contribution < -0.4 is 5.73 Å². The minimum atomic E-state index is -3.49. The van der Waals surface area contributed by atoms with E-state index in [-0.39, 0.29) is 24.3 Å². The highest BCUT2D eigenvalue weighted by Crippen LogP contribution is 2.38. The molecule has 4 rings (SSSR count). The molecule has 0 spiro atoms. The van der Waals surface area contributed by atoms with Gasteiger partial charge in [0.25, 0.3) is 0 Å². The van der Waals surface area contributed by atoms with Gasteiger partial charge in [-0.25, -0.2) is 13.2 Å². The van der Waals surface area contributed by atoms with Gasteiger partial charge in [-0.15, -0.1) is 0 Å². The van der Waals surface area contributed by atoms with Gasteiger partial charge in [-0.1, -0.05) is 54.6 Å². The molecule has 170 valence electrons. The number of ketones is 1. The highest BCUT2D eigenvalue weighted by Gasteiger charge is 2.40. The fourth-order valence-corrected chi connectivity index (χ4v) is 6.78. The molecule has 2 aliphatic rings. The van der Waals surface area contributed by atoms with Gasteiger partial charge in [0.1, 0.15) is 5.25 Å². The Bertz CT molecular complexity index is 1080. The van der Waals surface area contributed by atoms with Crippen molar-refractivity contribution >= 4 is 21.8 Å². The normalized spacial score (nSPS) is 23.5. The number of urea groups is 1. The van der Waals surface area contributed by atoms with Crippen molar-refractivity contribution in [3.63, 3.8) is 0 Å². The number of likely N-dealkylation sites (tertiary alicyclic amines) is 1. The van der Waals surface area contributed by atoms with Crippen molar-refractivity contribution in [2.45, 2.75) is 44.0 Å². The van der Waals surface area contributed by atoms with Crippen molar-refractivity contribution < 1.29 is 18.0 Å². The zero-order valence-corrected chi connectivity index (χ0v) is 19.0. The van der Waals surface area contributed by atoms with Crippen LogP contribution in [0.4, 0.5) is 4.79 Å². The topological polar surface area (TPSA) is 101 Å². The molecule has 8 heteroatoms. The predicted molar refractivity (Wildman–Crippen MR) is 122 cm³/mol. The van der Waals surface area contributed by atoms with Gasteiger partial charge in [-0.2, -0.15) is 4.31 Å². The molecular formula is C24H29N3O4S. The molecule has 2 amide bonds. The number of sulfonamides is 1. The van der Waals surface area contributed by atoms with Crippen LogP contribution in [0, 0.1) is 5.92 Å². The maximum atomic E-state index is 13.4. The molecule has 0 aliphatic carbocycles. The van der Waals surface area contributed by atoms with Crippen LogP contribution in [-0.4, -0.2) is 48.6 Å². The molecule has 0 saturated carbocycles. The first-order valence-corrected chi connectivity index (χ1v) is 12.5. The zero-order valence-electron chi connectivity index (χ0n) is 18.2. The van der Waals surface area contributed by atoms with Crippen LogP contribution in [0.5, 0.6) is 0 Å². The summed E-state index contributed by atoms with van der Waals surface area (Å²) in [6.07, 6.45) is 1.80. The van der Waals surface area contributed by atoms with Crippen LogP contribution in [0.1, 0.15) is 52.9 Å². The number of nitrogens with zero attached hydrogens (tertiary/aromatic N) is 2. The summed E-state index contributed by atoms with van der Waals surface area (Å²) in [5.74, 6) is 0.165. The molecule has 1 unspecified atom stereocenters. The molecule has 0 bridgehead atoms. The van der Waals surface area contributed by atoms with Gasteiger partial charge in [-0.05, 0) is 30.9 Å². The van der Waals surface area contributed by atoms with Gasteiger partial charge >= 0.3 is 6.03 Å². The number of carbonyl (C=O) groups excluding carboxylic acids is 2. The van der Waals surface area contributed by atoms with E-state index in [0.717, 1.165) is 17.5 Å². The summed E-state index contributed by atoms with van der Waals surface area (Å²) >= 11 is 0. The third-order valence-electron chi connectivity index (χ3n) is 6.55. The fraction of sp³-hybridized carbons (Fsp3) is 0.417. The smallest absolute Gasteiger partial charge is 0.314 e. The Hall–Kier alpha value is -2.71. The maximum absolute atomic E-state index is 13.4. The lowest BCUT2D eigenvalue weighted by atomic mass is 9.92. The SMILES string of the molecule is C[C@H]1CCC(c2ccccc2)S(=O)(=O)N1Cc1ccc(C(=O)CC2CN(C(N)=O)C2)cc1. The highest BCUT2D eigenvalue weighted by molar-refractivity contribution is 7.89. The van der Waals surface area contributed by atoms with Gasteiger partial charge in [0.05, 0.1) is 0 Å². The van der Waals surface area contributed by atoms with E-state index in [1.54, 1.807) is 16.4 Å². The van der Waals surface area contributed by atoms with Gasteiger partial charge < -0.3 is 10.6 Å². The van der Waals surface area contributed by atoms with Crippen molar-refractivity contribution in [3.8, 4) is 0 Å². The Morgan fingerprint density at radius 2 is 1.66 bits per heavy atom. The first-order chi connectivity index (χ1) is 15.3. The quantitative estimate of drug-likeness (QED) is 0.675. The average Bonchev–Trinajstić information content (AvgIpc) is 2.74. The molecule has 0 aromatic heterocycles. The van der Waals surface area contributed by atoms with Crippen LogP contribution in [0.2, 0.25) is 0 Å². The minimum Gasteiger partial charge on any atom is -0.351 e. The number of hydrogen-bond acceptors (Lipinski definition) is 4. The van der Waals surface area contributed by atoms with Crippen LogP contribution in [0.25, 0.3) is 0 Å². The largest absolute Gasteiger partial charge is 0.351 e. The average molecular weight is 456 g/mol. The summed E-state index contributed by atoms with van der Waals surface area (Å²) in [4.78, 5) is 25.1. The van der Waals surface area contributed by atoms with Gasteiger partial charge in [0.2, 0.25) is 10.0 Å². The van der Waals surface area contributed by atoms with Crippen molar-refractivity contribution in [3.05, 3.63) is 71.3 Å². The van der Waals surface area contributed by atoms with Gasteiger partial charge in [0, 0.05) is 43.6 Å². The van der Waals surface area contributed by atoms with E-state index >= 15 is 0 Å². The van der Waals surface area contributed by atoms with E-state index in [4.69, 9.17) is 5.73 Å². The summed E-state index contributed by atoms with van der Waals surface area (Å²) in [7, 11) is -3.49. The Kier molecular flexibility index (Phi) is 6.35. The Balaban J connectivity index is 1.42. The molecule has 2 aromatic carbocycles. The van der Waals surface area contributed by atoms with E-state index in [9.17, 15) is 18.0 Å². The number of benzene rings is 2. The fourth-order valence-electron chi connectivity index (χ4n) is 4.59. The number of Topliss-reactive ketones (excluding diaryl/α,β-unsaturated/α-hetero) is 1. The summed E-state index contributed by atoms with van der Waals surface area (Å²) < 4.78 is 28.3. The van der Waals surface area contributed by atoms with E-state index < -0.39 is 21.3 Å². The van der Waals surface area contributed by atoms with Crippen molar-refractivity contribution in [1.82, 2.24) is 9.21 Å². The minimum absolute atomic E-state index is 0.0220. The zero-order chi connectivity index (χ0) is 22.9. The van der Waals surface area contributed by atoms with Crippen LogP contribution in [0.3, 0.4) is 0 Å². The molecule has 2 N–H and O–H groups in total. The molecule has 2 saturated heterocycles. The van der Waals surface area contributed by atoms with Gasteiger partial charge in [0.15, 0.2) is 5.78 Å². The first kappa shape index (κ1) is 22.5. The van der Waals surface area contributed by atoms with E-state index in [2.05, 4.69) is 0 Å². The predicted octanol–water partition coefficient (Wildman–Crippen LogP) is 3.33. The molecular weight excluding hydrogens is 426 g/mol. The van der Waals surface area contributed by atoms with Crippen molar-refractivity contribution in [2.75, 3.05) is 13.1 Å². The molecule has 7 nitrogen and oxygen atoms in total. The summed E-state index contributed by atoms with van der Waals surface area (Å²) in [6.45, 7) is 3.28. The summed E-state index contributed by atoms with van der Waals surface area (Å²) in [6, 6.07) is 16.1. The second kappa shape index (κ2) is 9.03. The number of hydrogen-bond donors (Lipinski definition) is 1. The van der Waals surface area contributed by atoms with Gasteiger partial charge in [-0.3, -0.25) is 4.79 Å². The molecule has 2 heterocycles. The maximum Gasteiger partial charge on any atom is 0.314 e. The number of carbonyl (C=O) groups is 2. The Labute approximate surface area is 189 Å². The second-order valence-corrected chi connectivity index (χ2v) is 10.9. The molecule has 2 fully saturated rings. The van der Waals surface area contributed by atoms with Crippen LogP contribution in [0.15, 0.2) is 54.6 Å². The van der Waals surface area contributed by atoms with Crippen molar-refractivity contribution in [1.29, 1.82) is 0 Å². The number of amides is 2. The van der Waals surface area contributed by atoms with Crippen LogP contribution in [-0.2, 0) is 16.6 Å². The molecule has 0 radical (unpaired) electrons. The van der Waals surface area contributed by atoms with E-state index in [1.165, 1.54) is 4.90 Å². The molecule has 2 aromatic rings. The van der Waals surface area contributed by atoms with Crippen molar-refractivity contribution in [2.24, 2.45) is 11.7 Å². The van der Waals surface area contributed by atoms with E-state index in [0.29, 0.717) is 31.5 Å². The lowest BCUT2D eigenvalue weighted by molar-refractivity contribution is 0.0845. The molecule has 2 atom stereocenters. The monoisotopic (exact) mass is 455 g/mol. The Morgan fingerprint density at radius 3 is 2.28 bits per heavy atom. The third kappa shape index (κ3) is 4.56. The lowest BCUT2D eigenvalue weighted by Crippen LogP contribution is -2.52. The standard InChI is InChI=1S/C24H29N3O4S/c1-17-7-12-23(21-5-3-2-4-6-21)32(30,31)27(17)16-18-8-10-20(11-9-18)22(28)13-19-14-26(15-19)24(25)29/h2-6,8-11,17,19,23H,7,12-16H2,1H3,(H2,25,29)/t17-,23?/m0/s1. The lowest BCUT2D eigenvalue weighted by Gasteiger charge is -2.37. The van der Waals surface area contributed by atoms with Crippen LogP contribution >= 0.6 is 0 Å². The summed E-state index contributed by atoms with van der Waals surface area (Å²) in [5, 5.41) is -0.525. The number of nitrogens with two attached hydrogens (primary N) is 1. The number of rotatable bonds is 6. The third-order valence-corrected chi connectivity index (χ3v) is 8.92. The molecule has 2 aliphatic heterocycles. The van der Waals surface area contributed by atoms with E-state index in [1.807, 2.05) is 49.4 Å².